The van der Waals surface area contributed by atoms with E-state index in [1.165, 1.54) is 5.56 Å². The van der Waals surface area contributed by atoms with Crippen LogP contribution < -0.4 is 9.47 Å². The molecule has 0 bridgehead atoms. The number of aryl methyl sites for hydroxylation is 1. The van der Waals surface area contributed by atoms with Crippen LogP contribution in [0.1, 0.15) is 42.5 Å². The lowest BCUT2D eigenvalue weighted by atomic mass is 10.0. The van der Waals surface area contributed by atoms with Crippen molar-refractivity contribution in [1.29, 1.82) is 0 Å². The fourth-order valence-corrected chi connectivity index (χ4v) is 3.62. The number of nitrogens with zero attached hydrogens (tertiary/aromatic N) is 1. The van der Waals surface area contributed by atoms with Gasteiger partial charge in [0, 0.05) is 24.9 Å². The van der Waals surface area contributed by atoms with Gasteiger partial charge >= 0.3 is 5.97 Å². The molecule has 0 aromatic heterocycles. The highest BCUT2D eigenvalue weighted by molar-refractivity contribution is 5.67. The third-order valence-electron chi connectivity index (χ3n) is 4.84. The SMILES string of the molecule is CN(C)Cc1cc(OCc2cccc3c2OC(C)(C)C3)ccc1CCC(=O)O. The lowest BCUT2D eigenvalue weighted by Crippen LogP contribution is -2.25. The van der Waals surface area contributed by atoms with E-state index in [1.807, 2.05) is 38.4 Å². The summed E-state index contributed by atoms with van der Waals surface area (Å²) in [6, 6.07) is 12.1. The predicted octanol–water partition coefficient (Wildman–Crippen LogP) is 4.06. The average Bonchev–Trinajstić information content (AvgIpc) is 2.92. The Balaban J connectivity index is 1.75. The first-order valence-electron chi connectivity index (χ1n) is 9.64. The third-order valence-corrected chi connectivity index (χ3v) is 4.84. The lowest BCUT2D eigenvalue weighted by molar-refractivity contribution is -0.136. The van der Waals surface area contributed by atoms with Crippen LogP contribution in [0.25, 0.3) is 0 Å². The highest BCUT2D eigenvalue weighted by atomic mass is 16.5. The summed E-state index contributed by atoms with van der Waals surface area (Å²) in [5.41, 5.74) is 4.24. The van der Waals surface area contributed by atoms with Crippen molar-refractivity contribution < 1.29 is 19.4 Å². The molecule has 1 aliphatic rings. The minimum absolute atomic E-state index is 0.129. The molecule has 3 rings (SSSR count). The lowest BCUT2D eigenvalue weighted by Gasteiger charge is -2.19. The number of para-hydroxylation sites is 1. The van der Waals surface area contributed by atoms with E-state index in [0.29, 0.717) is 13.0 Å². The highest BCUT2D eigenvalue weighted by Crippen LogP contribution is 2.38. The summed E-state index contributed by atoms with van der Waals surface area (Å²) in [5.74, 6) is 0.946. The van der Waals surface area contributed by atoms with Gasteiger partial charge in [-0.15, -0.1) is 0 Å². The zero-order valence-corrected chi connectivity index (χ0v) is 17.1. The van der Waals surface area contributed by atoms with E-state index in [4.69, 9.17) is 14.6 Å². The van der Waals surface area contributed by atoms with Gasteiger partial charge in [-0.05, 0) is 63.2 Å². The summed E-state index contributed by atoms with van der Waals surface area (Å²) in [5, 5.41) is 8.98. The Kier molecular flexibility index (Phi) is 5.94. The maximum absolute atomic E-state index is 10.9. The number of fused-ring (bicyclic) bond motifs is 1. The van der Waals surface area contributed by atoms with Crippen molar-refractivity contribution in [1.82, 2.24) is 4.90 Å². The quantitative estimate of drug-likeness (QED) is 0.745. The van der Waals surface area contributed by atoms with Gasteiger partial charge in [0.2, 0.25) is 0 Å². The fourth-order valence-electron chi connectivity index (χ4n) is 3.62. The van der Waals surface area contributed by atoms with Crippen LogP contribution in [0.5, 0.6) is 11.5 Å². The number of aliphatic carboxylic acids is 1. The summed E-state index contributed by atoms with van der Waals surface area (Å²) in [7, 11) is 4.00. The maximum Gasteiger partial charge on any atom is 0.303 e. The molecule has 0 saturated carbocycles. The van der Waals surface area contributed by atoms with Crippen molar-refractivity contribution in [3.05, 3.63) is 58.7 Å². The van der Waals surface area contributed by atoms with Gasteiger partial charge in [0.15, 0.2) is 0 Å². The highest BCUT2D eigenvalue weighted by Gasteiger charge is 2.31. The smallest absolute Gasteiger partial charge is 0.303 e. The second-order valence-corrected chi connectivity index (χ2v) is 8.29. The molecule has 1 N–H and O–H groups in total. The molecule has 0 atom stereocenters. The van der Waals surface area contributed by atoms with E-state index < -0.39 is 5.97 Å². The van der Waals surface area contributed by atoms with Crippen molar-refractivity contribution in [3.63, 3.8) is 0 Å². The normalized spacial score (nSPS) is 14.6. The number of rotatable bonds is 8. The maximum atomic E-state index is 10.9. The fraction of sp³-hybridized carbons (Fsp3) is 0.435. The molecule has 1 heterocycles. The predicted molar refractivity (Wildman–Crippen MR) is 109 cm³/mol. The molecule has 2 aromatic carbocycles. The second kappa shape index (κ2) is 8.23. The standard InChI is InChI=1S/C23H29NO4/c1-23(2)13-17-6-5-7-18(22(17)28-23)15-27-20-10-8-16(9-11-21(25)26)19(12-20)14-24(3)4/h5-8,10,12H,9,11,13-15H2,1-4H3,(H,25,26). The van der Waals surface area contributed by atoms with Crippen molar-refractivity contribution in [2.45, 2.75) is 51.9 Å². The Hall–Kier alpha value is -2.53. The Morgan fingerprint density at radius 3 is 2.68 bits per heavy atom. The number of hydrogen-bond acceptors (Lipinski definition) is 4. The number of ether oxygens (including phenoxy) is 2. The molecule has 150 valence electrons. The zero-order valence-electron chi connectivity index (χ0n) is 17.1. The van der Waals surface area contributed by atoms with Gasteiger partial charge in [0.25, 0.3) is 0 Å². The first-order chi connectivity index (χ1) is 13.2. The van der Waals surface area contributed by atoms with Crippen LogP contribution >= 0.6 is 0 Å². The topological polar surface area (TPSA) is 59.0 Å². The van der Waals surface area contributed by atoms with Crippen LogP contribution in [-0.2, 0) is 30.8 Å². The van der Waals surface area contributed by atoms with Crippen LogP contribution in [0.4, 0.5) is 0 Å². The van der Waals surface area contributed by atoms with Crippen LogP contribution in [-0.4, -0.2) is 35.7 Å². The molecule has 0 spiro atoms. The molecule has 28 heavy (non-hydrogen) atoms. The van der Waals surface area contributed by atoms with Crippen molar-refractivity contribution in [2.75, 3.05) is 14.1 Å². The van der Waals surface area contributed by atoms with E-state index in [0.717, 1.165) is 41.2 Å². The van der Waals surface area contributed by atoms with Gasteiger partial charge in [-0.25, -0.2) is 0 Å². The van der Waals surface area contributed by atoms with Gasteiger partial charge in [0.05, 0.1) is 0 Å². The first-order valence-corrected chi connectivity index (χ1v) is 9.64. The molecule has 0 fully saturated rings. The molecule has 0 aliphatic carbocycles. The molecule has 2 aromatic rings. The number of carbonyl (C=O) groups is 1. The van der Waals surface area contributed by atoms with E-state index in [-0.39, 0.29) is 12.0 Å². The molecule has 5 heteroatoms. The van der Waals surface area contributed by atoms with Gasteiger partial charge in [-0.1, -0.05) is 24.3 Å². The molecule has 0 saturated heterocycles. The van der Waals surface area contributed by atoms with Gasteiger partial charge in [0.1, 0.15) is 23.7 Å². The number of benzene rings is 2. The van der Waals surface area contributed by atoms with Crippen LogP contribution in [0.15, 0.2) is 36.4 Å². The summed E-state index contributed by atoms with van der Waals surface area (Å²) < 4.78 is 12.2. The summed E-state index contributed by atoms with van der Waals surface area (Å²) in [6.07, 6.45) is 1.55. The second-order valence-electron chi connectivity index (χ2n) is 8.29. The molecule has 1 aliphatic heterocycles. The van der Waals surface area contributed by atoms with Gasteiger partial charge < -0.3 is 19.5 Å². The van der Waals surface area contributed by atoms with Crippen molar-refractivity contribution >= 4 is 5.97 Å². The van der Waals surface area contributed by atoms with E-state index in [1.54, 1.807) is 0 Å². The molecule has 0 radical (unpaired) electrons. The summed E-state index contributed by atoms with van der Waals surface area (Å²) in [4.78, 5) is 13.0. The minimum atomic E-state index is -0.781. The molecule has 0 unspecified atom stereocenters. The Morgan fingerprint density at radius 2 is 1.96 bits per heavy atom. The van der Waals surface area contributed by atoms with Crippen LogP contribution in [0, 0.1) is 0 Å². The van der Waals surface area contributed by atoms with Crippen LogP contribution in [0.2, 0.25) is 0 Å². The van der Waals surface area contributed by atoms with Gasteiger partial charge in [-0.2, -0.15) is 0 Å². The molecule has 5 nitrogen and oxygen atoms in total. The summed E-state index contributed by atoms with van der Waals surface area (Å²) >= 11 is 0. The van der Waals surface area contributed by atoms with Crippen molar-refractivity contribution in [2.24, 2.45) is 0 Å². The van der Waals surface area contributed by atoms with Crippen LogP contribution in [0.3, 0.4) is 0 Å². The third kappa shape index (κ3) is 5.04. The van der Waals surface area contributed by atoms with Crippen molar-refractivity contribution in [3.8, 4) is 11.5 Å². The van der Waals surface area contributed by atoms with E-state index >= 15 is 0 Å². The first kappa shape index (κ1) is 20.2. The largest absolute Gasteiger partial charge is 0.489 e. The number of hydrogen-bond donors (Lipinski definition) is 1. The number of carboxylic acids is 1. The minimum Gasteiger partial charge on any atom is -0.489 e. The molecular weight excluding hydrogens is 354 g/mol. The van der Waals surface area contributed by atoms with E-state index in [2.05, 4.69) is 30.9 Å². The zero-order chi connectivity index (χ0) is 20.3. The Labute approximate surface area is 166 Å². The van der Waals surface area contributed by atoms with E-state index in [9.17, 15) is 4.79 Å². The Bertz CT molecular complexity index is 858. The molecule has 0 amide bonds. The number of carboxylic acid groups (broad SMARTS) is 1. The monoisotopic (exact) mass is 383 g/mol. The van der Waals surface area contributed by atoms with Gasteiger partial charge in [-0.3, -0.25) is 4.79 Å². The average molecular weight is 383 g/mol. The Morgan fingerprint density at radius 1 is 1.18 bits per heavy atom. The summed E-state index contributed by atoms with van der Waals surface area (Å²) in [6.45, 7) is 5.38. The molecular formula is C23H29NO4.